The predicted octanol–water partition coefficient (Wildman–Crippen LogP) is -1.32. The standard InChI is InChI=1S/C10H12N4O5/c11-13-10(17)8(5-15)12-9(16)6-2-1-3-7(4-6)14(18)19/h1-4,8,15H,5,11H2,(H,12,16)(H,13,17). The van der Waals surface area contributed by atoms with Gasteiger partial charge in [0.15, 0.2) is 0 Å². The average Bonchev–Trinajstić information content (AvgIpc) is 2.43. The Morgan fingerprint density at radius 1 is 1.47 bits per heavy atom. The van der Waals surface area contributed by atoms with Crippen molar-refractivity contribution in [3.05, 3.63) is 39.9 Å². The number of nitrogens with zero attached hydrogens (tertiary/aromatic N) is 1. The monoisotopic (exact) mass is 268 g/mol. The number of amides is 2. The molecule has 102 valence electrons. The summed E-state index contributed by atoms with van der Waals surface area (Å²) in [6, 6.07) is 3.75. The molecule has 0 saturated carbocycles. The molecule has 0 heterocycles. The molecule has 0 aliphatic heterocycles. The van der Waals surface area contributed by atoms with Gasteiger partial charge in [-0.2, -0.15) is 0 Å². The van der Waals surface area contributed by atoms with Crippen LogP contribution < -0.4 is 16.6 Å². The zero-order valence-corrected chi connectivity index (χ0v) is 9.70. The van der Waals surface area contributed by atoms with Gasteiger partial charge in [0.05, 0.1) is 11.5 Å². The van der Waals surface area contributed by atoms with Crippen LogP contribution in [0.25, 0.3) is 0 Å². The number of carbonyl (C=O) groups excluding carboxylic acids is 2. The van der Waals surface area contributed by atoms with E-state index < -0.39 is 29.4 Å². The molecule has 19 heavy (non-hydrogen) atoms. The topological polar surface area (TPSA) is 148 Å². The number of carbonyl (C=O) groups is 2. The minimum atomic E-state index is -1.23. The Morgan fingerprint density at radius 3 is 2.68 bits per heavy atom. The number of aliphatic hydroxyl groups is 1. The van der Waals surface area contributed by atoms with Gasteiger partial charge in [0.25, 0.3) is 17.5 Å². The quantitative estimate of drug-likeness (QED) is 0.225. The van der Waals surface area contributed by atoms with Gasteiger partial charge < -0.3 is 10.4 Å². The van der Waals surface area contributed by atoms with Crippen molar-refractivity contribution >= 4 is 17.5 Å². The maximum atomic E-state index is 11.7. The molecule has 9 heteroatoms. The smallest absolute Gasteiger partial charge is 0.270 e. The van der Waals surface area contributed by atoms with Crippen molar-refractivity contribution < 1.29 is 19.6 Å². The van der Waals surface area contributed by atoms with Crippen molar-refractivity contribution in [2.45, 2.75) is 6.04 Å². The molecule has 0 spiro atoms. The Morgan fingerprint density at radius 2 is 2.16 bits per heavy atom. The first-order valence-electron chi connectivity index (χ1n) is 5.16. The second kappa shape index (κ2) is 6.42. The fraction of sp³-hybridized carbons (Fsp3) is 0.200. The first-order chi connectivity index (χ1) is 8.99. The summed E-state index contributed by atoms with van der Waals surface area (Å²) in [6.07, 6.45) is 0. The normalized spacial score (nSPS) is 11.5. The van der Waals surface area contributed by atoms with Crippen molar-refractivity contribution in [2.24, 2.45) is 5.84 Å². The molecular weight excluding hydrogens is 256 g/mol. The third-order valence-electron chi connectivity index (χ3n) is 2.27. The molecule has 0 aliphatic carbocycles. The van der Waals surface area contributed by atoms with E-state index in [9.17, 15) is 19.7 Å². The number of rotatable bonds is 5. The maximum absolute atomic E-state index is 11.7. The maximum Gasteiger partial charge on any atom is 0.270 e. The van der Waals surface area contributed by atoms with E-state index in [-0.39, 0.29) is 11.3 Å². The average molecular weight is 268 g/mol. The lowest BCUT2D eigenvalue weighted by atomic mass is 10.1. The lowest BCUT2D eigenvalue weighted by Crippen LogP contribution is -2.50. The Kier molecular flexibility index (Phi) is 4.92. The van der Waals surface area contributed by atoms with Crippen LogP contribution in [0, 0.1) is 10.1 Å². The SMILES string of the molecule is NNC(=O)C(CO)NC(=O)c1cccc([N+](=O)[O-])c1. The fourth-order valence-corrected chi connectivity index (χ4v) is 1.30. The number of nitrogens with one attached hydrogen (secondary N) is 2. The molecule has 9 nitrogen and oxygen atoms in total. The Labute approximate surface area is 107 Å². The van der Waals surface area contributed by atoms with Gasteiger partial charge in [-0.3, -0.25) is 25.1 Å². The minimum Gasteiger partial charge on any atom is -0.394 e. The van der Waals surface area contributed by atoms with E-state index in [0.29, 0.717) is 0 Å². The van der Waals surface area contributed by atoms with Gasteiger partial charge in [-0.1, -0.05) is 6.07 Å². The van der Waals surface area contributed by atoms with Crippen LogP contribution in [0.1, 0.15) is 10.4 Å². The van der Waals surface area contributed by atoms with Crippen LogP contribution in [0.5, 0.6) is 0 Å². The summed E-state index contributed by atoms with van der Waals surface area (Å²) >= 11 is 0. The van der Waals surface area contributed by atoms with Crippen molar-refractivity contribution in [2.75, 3.05) is 6.61 Å². The first-order valence-corrected chi connectivity index (χ1v) is 5.16. The molecule has 0 radical (unpaired) electrons. The van der Waals surface area contributed by atoms with Gasteiger partial charge in [-0.25, -0.2) is 5.84 Å². The largest absolute Gasteiger partial charge is 0.394 e. The molecule has 0 aliphatic rings. The predicted molar refractivity (Wildman–Crippen MR) is 63.8 cm³/mol. The summed E-state index contributed by atoms with van der Waals surface area (Å²) in [7, 11) is 0. The summed E-state index contributed by atoms with van der Waals surface area (Å²) in [5.74, 6) is 3.37. The second-order valence-corrected chi connectivity index (χ2v) is 3.52. The van der Waals surface area contributed by atoms with Gasteiger partial charge in [0, 0.05) is 17.7 Å². The molecule has 1 aromatic rings. The Balaban J connectivity index is 2.85. The summed E-state index contributed by atoms with van der Waals surface area (Å²) in [5, 5.41) is 21.7. The second-order valence-electron chi connectivity index (χ2n) is 3.52. The number of nitro benzene ring substituents is 1. The van der Waals surface area contributed by atoms with E-state index in [4.69, 9.17) is 10.9 Å². The van der Waals surface area contributed by atoms with Gasteiger partial charge in [-0.15, -0.1) is 0 Å². The van der Waals surface area contributed by atoms with E-state index >= 15 is 0 Å². The molecule has 5 N–H and O–H groups in total. The summed E-state index contributed by atoms with van der Waals surface area (Å²) in [5.41, 5.74) is 1.52. The number of hydrazine groups is 1. The number of hydrogen-bond acceptors (Lipinski definition) is 6. The van der Waals surface area contributed by atoms with Crippen molar-refractivity contribution in [3.8, 4) is 0 Å². The summed E-state index contributed by atoms with van der Waals surface area (Å²) in [6.45, 7) is -0.649. The number of nitro groups is 1. The van der Waals surface area contributed by atoms with Gasteiger partial charge in [-0.05, 0) is 6.07 Å². The number of benzene rings is 1. The van der Waals surface area contributed by atoms with E-state index in [1.54, 1.807) is 5.43 Å². The first kappa shape index (κ1) is 14.5. The zero-order valence-electron chi connectivity index (χ0n) is 9.70. The third kappa shape index (κ3) is 3.72. The number of nitrogens with two attached hydrogens (primary N) is 1. The lowest BCUT2D eigenvalue weighted by molar-refractivity contribution is -0.384. The highest BCUT2D eigenvalue weighted by Gasteiger charge is 2.20. The van der Waals surface area contributed by atoms with E-state index in [2.05, 4.69) is 5.32 Å². The van der Waals surface area contributed by atoms with Crippen molar-refractivity contribution in [1.82, 2.24) is 10.7 Å². The summed E-state index contributed by atoms with van der Waals surface area (Å²) < 4.78 is 0. The van der Waals surface area contributed by atoms with Crippen molar-refractivity contribution in [3.63, 3.8) is 0 Å². The van der Waals surface area contributed by atoms with Gasteiger partial charge in [0.1, 0.15) is 6.04 Å². The minimum absolute atomic E-state index is 0.00234. The highest BCUT2D eigenvalue weighted by molar-refractivity contribution is 5.97. The lowest BCUT2D eigenvalue weighted by Gasteiger charge is -2.14. The van der Waals surface area contributed by atoms with Crippen LogP contribution in [-0.2, 0) is 4.79 Å². The Bertz CT molecular complexity index is 504. The number of non-ortho nitro benzene ring substituents is 1. The van der Waals surface area contributed by atoms with Crippen LogP contribution in [0.4, 0.5) is 5.69 Å². The molecule has 1 atom stereocenters. The molecule has 0 aromatic heterocycles. The molecule has 2 amide bonds. The molecule has 1 rings (SSSR count). The molecule has 0 saturated heterocycles. The molecular formula is C10H12N4O5. The third-order valence-corrected chi connectivity index (χ3v) is 2.27. The van der Waals surface area contributed by atoms with E-state index in [1.807, 2.05) is 0 Å². The van der Waals surface area contributed by atoms with Crippen LogP contribution >= 0.6 is 0 Å². The van der Waals surface area contributed by atoms with Crippen LogP contribution in [0.2, 0.25) is 0 Å². The molecule has 0 fully saturated rings. The van der Waals surface area contributed by atoms with Crippen molar-refractivity contribution in [1.29, 1.82) is 0 Å². The Hall–Kier alpha value is -2.52. The van der Waals surface area contributed by atoms with E-state index in [0.717, 1.165) is 6.07 Å². The number of aliphatic hydroxyl groups excluding tert-OH is 1. The highest BCUT2D eigenvalue weighted by Crippen LogP contribution is 2.12. The molecule has 0 bridgehead atoms. The molecule has 1 unspecified atom stereocenters. The fourth-order valence-electron chi connectivity index (χ4n) is 1.30. The zero-order chi connectivity index (χ0) is 14.4. The van der Waals surface area contributed by atoms with Crippen LogP contribution in [-0.4, -0.2) is 34.5 Å². The number of hydrogen-bond donors (Lipinski definition) is 4. The van der Waals surface area contributed by atoms with Gasteiger partial charge >= 0.3 is 0 Å². The van der Waals surface area contributed by atoms with E-state index in [1.165, 1.54) is 18.2 Å². The highest BCUT2D eigenvalue weighted by atomic mass is 16.6. The van der Waals surface area contributed by atoms with Crippen LogP contribution in [0.3, 0.4) is 0 Å². The van der Waals surface area contributed by atoms with Crippen LogP contribution in [0.15, 0.2) is 24.3 Å². The molecule has 1 aromatic carbocycles. The summed E-state index contributed by atoms with van der Waals surface area (Å²) in [4.78, 5) is 32.8. The van der Waals surface area contributed by atoms with Gasteiger partial charge in [0.2, 0.25) is 0 Å².